The topological polar surface area (TPSA) is 84.4 Å². The van der Waals surface area contributed by atoms with Gasteiger partial charge in [-0.05, 0) is 6.42 Å². The Bertz CT molecular complexity index is 508. The number of likely N-dealkylation sites (tertiary alicyclic amines) is 1. The Morgan fingerprint density at radius 1 is 1.40 bits per heavy atom. The van der Waals surface area contributed by atoms with Crippen LogP contribution in [0.3, 0.4) is 0 Å². The van der Waals surface area contributed by atoms with Gasteiger partial charge in [0, 0.05) is 31.8 Å². The van der Waals surface area contributed by atoms with Crippen LogP contribution in [0.4, 0.5) is 0 Å². The first-order valence-corrected chi connectivity index (χ1v) is 6.73. The zero-order valence-corrected chi connectivity index (χ0v) is 11.0. The maximum Gasteiger partial charge on any atom is 0.245 e. The number of amides is 2. The van der Waals surface area contributed by atoms with Gasteiger partial charge in [-0.2, -0.15) is 0 Å². The number of aromatic nitrogens is 2. The molecule has 2 aliphatic heterocycles. The molecule has 0 aliphatic carbocycles. The highest BCUT2D eigenvalue weighted by molar-refractivity contribution is 5.90. The van der Waals surface area contributed by atoms with Crippen LogP contribution in [0.15, 0.2) is 18.6 Å². The molecule has 0 saturated carbocycles. The van der Waals surface area contributed by atoms with Crippen molar-refractivity contribution in [1.82, 2.24) is 20.2 Å². The van der Waals surface area contributed by atoms with Crippen LogP contribution in [-0.2, 0) is 9.59 Å². The molecule has 20 heavy (non-hydrogen) atoms. The molecule has 0 radical (unpaired) electrons. The quantitative estimate of drug-likeness (QED) is 0.822. The predicted octanol–water partition coefficient (Wildman–Crippen LogP) is -0.265. The molecule has 0 aromatic carbocycles. The highest BCUT2D eigenvalue weighted by Crippen LogP contribution is 2.18. The Balaban J connectivity index is 1.54. The fourth-order valence-electron chi connectivity index (χ4n) is 2.56. The van der Waals surface area contributed by atoms with E-state index < -0.39 is 0 Å². The van der Waals surface area contributed by atoms with Crippen LogP contribution >= 0.6 is 0 Å². The largest absolute Gasteiger partial charge is 0.471 e. The lowest BCUT2D eigenvalue weighted by atomic mass is 10.2. The zero-order chi connectivity index (χ0) is 13.9. The third-order valence-electron chi connectivity index (χ3n) is 3.58. The normalized spacial score (nSPS) is 25.6. The van der Waals surface area contributed by atoms with Gasteiger partial charge in [0.15, 0.2) is 0 Å². The third-order valence-corrected chi connectivity index (χ3v) is 3.58. The number of hydrogen-bond donors (Lipinski definition) is 1. The van der Waals surface area contributed by atoms with Crippen molar-refractivity contribution in [3.63, 3.8) is 0 Å². The Hall–Kier alpha value is -2.18. The number of ether oxygens (including phenoxy) is 1. The number of nitrogens with zero attached hydrogens (tertiary/aromatic N) is 3. The van der Waals surface area contributed by atoms with E-state index in [9.17, 15) is 9.59 Å². The highest BCUT2D eigenvalue weighted by Gasteiger charge is 2.35. The molecule has 2 fully saturated rings. The van der Waals surface area contributed by atoms with E-state index in [1.54, 1.807) is 23.5 Å². The number of carbonyl (C=O) groups excluding carboxylic acids is 2. The molecule has 7 nitrogen and oxygen atoms in total. The molecule has 0 unspecified atom stereocenters. The molecule has 3 rings (SSSR count). The minimum absolute atomic E-state index is 0.0129. The molecule has 1 N–H and O–H groups in total. The van der Waals surface area contributed by atoms with Gasteiger partial charge in [0.25, 0.3) is 0 Å². The molecule has 7 heteroatoms. The van der Waals surface area contributed by atoms with Crippen molar-refractivity contribution in [3.05, 3.63) is 18.6 Å². The predicted molar refractivity (Wildman–Crippen MR) is 68.8 cm³/mol. The first kappa shape index (κ1) is 12.8. The van der Waals surface area contributed by atoms with Crippen LogP contribution in [0.5, 0.6) is 5.88 Å². The maximum absolute atomic E-state index is 12.2. The molecule has 2 amide bonds. The van der Waals surface area contributed by atoms with Crippen molar-refractivity contribution >= 4 is 11.8 Å². The molecule has 106 valence electrons. The number of rotatable bonds is 3. The standard InChI is InChI=1S/C13H16N4O3/c18-11-2-1-10(16-11)13(19)17-6-3-9(8-17)20-12-7-14-4-5-15-12/h4-5,7,9-10H,1-3,6,8H2,(H,16,18)/t9-,10+/m1/s1. The smallest absolute Gasteiger partial charge is 0.245 e. The Morgan fingerprint density at radius 2 is 2.30 bits per heavy atom. The SMILES string of the molecule is O=C1CC[C@@H](C(=O)N2CC[C@@H](Oc3cnccn3)C2)N1. The van der Waals surface area contributed by atoms with E-state index in [0.29, 0.717) is 31.8 Å². The van der Waals surface area contributed by atoms with Crippen molar-refractivity contribution in [2.45, 2.75) is 31.4 Å². The van der Waals surface area contributed by atoms with Gasteiger partial charge >= 0.3 is 0 Å². The number of hydrogen-bond acceptors (Lipinski definition) is 5. The molecular weight excluding hydrogens is 260 g/mol. The minimum Gasteiger partial charge on any atom is -0.471 e. The first-order chi connectivity index (χ1) is 9.72. The summed E-state index contributed by atoms with van der Waals surface area (Å²) in [7, 11) is 0. The molecule has 2 saturated heterocycles. The van der Waals surface area contributed by atoms with Gasteiger partial charge in [-0.25, -0.2) is 4.98 Å². The van der Waals surface area contributed by atoms with E-state index in [0.717, 1.165) is 6.42 Å². The van der Waals surface area contributed by atoms with Crippen LogP contribution in [-0.4, -0.2) is 51.9 Å². The average molecular weight is 276 g/mol. The van der Waals surface area contributed by atoms with Crippen LogP contribution in [0, 0.1) is 0 Å². The first-order valence-electron chi connectivity index (χ1n) is 6.73. The van der Waals surface area contributed by atoms with Crippen LogP contribution in [0.25, 0.3) is 0 Å². The van der Waals surface area contributed by atoms with E-state index in [-0.39, 0.29) is 24.0 Å². The second kappa shape index (κ2) is 5.44. The summed E-state index contributed by atoms with van der Waals surface area (Å²) >= 11 is 0. The van der Waals surface area contributed by atoms with Crippen LogP contribution in [0.1, 0.15) is 19.3 Å². The minimum atomic E-state index is -0.363. The second-order valence-corrected chi connectivity index (χ2v) is 5.02. The van der Waals surface area contributed by atoms with Gasteiger partial charge in [-0.15, -0.1) is 0 Å². The van der Waals surface area contributed by atoms with Crippen molar-refractivity contribution in [2.24, 2.45) is 0 Å². The Kier molecular flexibility index (Phi) is 3.49. The lowest BCUT2D eigenvalue weighted by Gasteiger charge is -2.20. The molecule has 0 spiro atoms. The summed E-state index contributed by atoms with van der Waals surface area (Å²) in [5.74, 6) is 0.414. The summed E-state index contributed by atoms with van der Waals surface area (Å²) in [4.78, 5) is 33.1. The molecule has 3 heterocycles. The zero-order valence-electron chi connectivity index (χ0n) is 11.0. The van der Waals surface area contributed by atoms with Gasteiger partial charge < -0.3 is 15.0 Å². The molecule has 1 aromatic rings. The molecule has 2 atom stereocenters. The van der Waals surface area contributed by atoms with E-state index in [2.05, 4.69) is 15.3 Å². The van der Waals surface area contributed by atoms with Gasteiger partial charge in [-0.3, -0.25) is 14.6 Å². The fraction of sp³-hybridized carbons (Fsp3) is 0.538. The molecule has 1 aromatic heterocycles. The van der Waals surface area contributed by atoms with Crippen molar-refractivity contribution in [3.8, 4) is 5.88 Å². The number of carbonyl (C=O) groups is 2. The maximum atomic E-state index is 12.2. The third kappa shape index (κ3) is 2.71. The second-order valence-electron chi connectivity index (χ2n) is 5.02. The van der Waals surface area contributed by atoms with Crippen molar-refractivity contribution in [1.29, 1.82) is 0 Å². The van der Waals surface area contributed by atoms with E-state index in [4.69, 9.17) is 4.74 Å². The molecular formula is C13H16N4O3. The van der Waals surface area contributed by atoms with Gasteiger partial charge in [0.05, 0.1) is 12.7 Å². The van der Waals surface area contributed by atoms with Crippen LogP contribution in [0.2, 0.25) is 0 Å². The summed E-state index contributed by atoms with van der Waals surface area (Å²) < 4.78 is 5.68. The highest BCUT2D eigenvalue weighted by atomic mass is 16.5. The monoisotopic (exact) mass is 276 g/mol. The summed E-state index contributed by atoms with van der Waals surface area (Å²) in [5.41, 5.74) is 0. The van der Waals surface area contributed by atoms with Gasteiger partial charge in [0.1, 0.15) is 12.1 Å². The lowest BCUT2D eigenvalue weighted by molar-refractivity contribution is -0.133. The molecule has 2 aliphatic rings. The lowest BCUT2D eigenvalue weighted by Crippen LogP contribution is -2.44. The molecule has 0 bridgehead atoms. The summed E-state index contributed by atoms with van der Waals surface area (Å²) in [6.07, 6.45) is 6.44. The summed E-state index contributed by atoms with van der Waals surface area (Å²) in [6.45, 7) is 1.18. The van der Waals surface area contributed by atoms with E-state index in [1.165, 1.54) is 0 Å². The Morgan fingerprint density at radius 3 is 3.00 bits per heavy atom. The van der Waals surface area contributed by atoms with Gasteiger partial charge in [0.2, 0.25) is 17.7 Å². The summed E-state index contributed by atoms with van der Waals surface area (Å²) in [5, 5.41) is 2.70. The van der Waals surface area contributed by atoms with Crippen LogP contribution < -0.4 is 10.1 Å². The Labute approximate surface area is 116 Å². The van der Waals surface area contributed by atoms with E-state index >= 15 is 0 Å². The fourth-order valence-corrected chi connectivity index (χ4v) is 2.56. The number of nitrogens with one attached hydrogen (secondary N) is 1. The average Bonchev–Trinajstić information content (AvgIpc) is 3.08. The van der Waals surface area contributed by atoms with Crippen molar-refractivity contribution < 1.29 is 14.3 Å². The van der Waals surface area contributed by atoms with E-state index in [1.807, 2.05) is 0 Å². The van der Waals surface area contributed by atoms with Crippen molar-refractivity contribution in [2.75, 3.05) is 13.1 Å². The summed E-state index contributed by atoms with van der Waals surface area (Å²) in [6, 6.07) is -0.363. The van der Waals surface area contributed by atoms with Gasteiger partial charge in [-0.1, -0.05) is 0 Å².